The third-order valence-electron chi connectivity index (χ3n) is 2.58. The molecule has 0 heterocycles. The van der Waals surface area contributed by atoms with E-state index in [2.05, 4.69) is 11.4 Å². The van der Waals surface area contributed by atoms with E-state index >= 15 is 0 Å². The standard InChI is InChI=1S/C15H11ClN2O/c16-13-3-1-2-12(10-13)15(19)18-14-6-4-11(5-7-14)8-9-17/h1-7,10H,8H2,(H,18,19). The van der Waals surface area contributed by atoms with Gasteiger partial charge in [-0.3, -0.25) is 4.79 Å². The van der Waals surface area contributed by atoms with Gasteiger partial charge in [0, 0.05) is 16.3 Å². The molecule has 94 valence electrons. The topological polar surface area (TPSA) is 52.9 Å². The zero-order valence-corrected chi connectivity index (χ0v) is 10.8. The number of nitrogens with zero attached hydrogens (tertiary/aromatic N) is 1. The maximum atomic E-state index is 12.0. The number of benzene rings is 2. The monoisotopic (exact) mass is 270 g/mol. The first kappa shape index (κ1) is 13.1. The molecule has 3 nitrogen and oxygen atoms in total. The van der Waals surface area contributed by atoms with Crippen LogP contribution in [0.1, 0.15) is 15.9 Å². The van der Waals surface area contributed by atoms with Gasteiger partial charge >= 0.3 is 0 Å². The van der Waals surface area contributed by atoms with Crippen molar-refractivity contribution < 1.29 is 4.79 Å². The lowest BCUT2D eigenvalue weighted by atomic mass is 10.1. The molecule has 0 aromatic heterocycles. The molecule has 0 saturated heterocycles. The van der Waals surface area contributed by atoms with Gasteiger partial charge < -0.3 is 5.32 Å². The Morgan fingerprint density at radius 1 is 1.21 bits per heavy atom. The summed E-state index contributed by atoms with van der Waals surface area (Å²) < 4.78 is 0. The number of carbonyl (C=O) groups excluding carboxylic acids is 1. The van der Waals surface area contributed by atoms with Crippen molar-refractivity contribution in [2.75, 3.05) is 5.32 Å². The molecule has 0 aliphatic carbocycles. The van der Waals surface area contributed by atoms with Crippen LogP contribution >= 0.6 is 11.6 Å². The SMILES string of the molecule is N#CCc1ccc(NC(=O)c2cccc(Cl)c2)cc1. The number of hydrogen-bond donors (Lipinski definition) is 1. The van der Waals surface area contributed by atoms with Gasteiger partial charge in [-0.1, -0.05) is 29.8 Å². The molecule has 0 atom stereocenters. The van der Waals surface area contributed by atoms with Crippen molar-refractivity contribution in [3.8, 4) is 6.07 Å². The molecule has 2 aromatic rings. The van der Waals surface area contributed by atoms with E-state index in [-0.39, 0.29) is 5.91 Å². The number of nitrogens with one attached hydrogen (secondary N) is 1. The van der Waals surface area contributed by atoms with E-state index in [9.17, 15) is 4.79 Å². The molecule has 0 aliphatic heterocycles. The molecule has 0 aliphatic rings. The van der Waals surface area contributed by atoms with Crippen LogP contribution in [0.3, 0.4) is 0 Å². The lowest BCUT2D eigenvalue weighted by molar-refractivity contribution is 0.102. The maximum Gasteiger partial charge on any atom is 0.255 e. The van der Waals surface area contributed by atoms with Crippen molar-refractivity contribution in [2.24, 2.45) is 0 Å². The van der Waals surface area contributed by atoms with E-state index < -0.39 is 0 Å². The highest BCUT2D eigenvalue weighted by Gasteiger charge is 2.06. The highest BCUT2D eigenvalue weighted by atomic mass is 35.5. The maximum absolute atomic E-state index is 12.0. The van der Waals surface area contributed by atoms with Crippen LogP contribution in [0.15, 0.2) is 48.5 Å². The van der Waals surface area contributed by atoms with Gasteiger partial charge in [0.05, 0.1) is 12.5 Å². The average Bonchev–Trinajstić information content (AvgIpc) is 2.41. The minimum Gasteiger partial charge on any atom is -0.322 e. The molecule has 4 heteroatoms. The summed E-state index contributed by atoms with van der Waals surface area (Å²) in [5, 5.41) is 11.9. The van der Waals surface area contributed by atoms with Gasteiger partial charge in [-0.2, -0.15) is 5.26 Å². The van der Waals surface area contributed by atoms with Gasteiger partial charge in [0.1, 0.15) is 0 Å². The zero-order valence-electron chi connectivity index (χ0n) is 10.1. The molecule has 0 spiro atoms. The number of rotatable bonds is 3. The first-order valence-corrected chi connectivity index (χ1v) is 6.09. The fraction of sp³-hybridized carbons (Fsp3) is 0.0667. The van der Waals surface area contributed by atoms with Crippen LogP contribution in [-0.2, 0) is 6.42 Å². The third kappa shape index (κ3) is 3.57. The van der Waals surface area contributed by atoms with Gasteiger partial charge in [-0.15, -0.1) is 0 Å². The van der Waals surface area contributed by atoms with E-state index in [4.69, 9.17) is 16.9 Å². The Morgan fingerprint density at radius 3 is 2.58 bits per heavy atom. The highest BCUT2D eigenvalue weighted by Crippen LogP contribution is 2.14. The normalized spacial score (nSPS) is 9.68. The number of halogens is 1. The second kappa shape index (κ2) is 6.03. The highest BCUT2D eigenvalue weighted by molar-refractivity contribution is 6.31. The predicted octanol–water partition coefficient (Wildman–Crippen LogP) is 3.66. The summed E-state index contributed by atoms with van der Waals surface area (Å²) in [6, 6.07) is 16.0. The van der Waals surface area contributed by atoms with Crippen molar-refractivity contribution in [2.45, 2.75) is 6.42 Å². The van der Waals surface area contributed by atoms with Crippen LogP contribution in [0, 0.1) is 11.3 Å². The molecule has 1 N–H and O–H groups in total. The first-order chi connectivity index (χ1) is 9.19. The first-order valence-electron chi connectivity index (χ1n) is 5.72. The van der Waals surface area contributed by atoms with Gasteiger partial charge in [0.15, 0.2) is 0 Å². The molecule has 0 bridgehead atoms. The van der Waals surface area contributed by atoms with Crippen molar-refractivity contribution in [3.05, 3.63) is 64.7 Å². The molecule has 1 amide bonds. The summed E-state index contributed by atoms with van der Waals surface area (Å²) in [5.74, 6) is -0.212. The van der Waals surface area contributed by atoms with E-state index in [1.165, 1.54) is 0 Å². The largest absolute Gasteiger partial charge is 0.322 e. The minimum absolute atomic E-state index is 0.212. The number of hydrogen-bond acceptors (Lipinski definition) is 2. The van der Waals surface area contributed by atoms with Crippen molar-refractivity contribution in [1.82, 2.24) is 0 Å². The van der Waals surface area contributed by atoms with Gasteiger partial charge in [-0.25, -0.2) is 0 Å². The van der Waals surface area contributed by atoms with Gasteiger partial charge in [0.2, 0.25) is 0 Å². The Morgan fingerprint density at radius 2 is 1.95 bits per heavy atom. The number of amides is 1. The molecular formula is C15H11ClN2O. The van der Waals surface area contributed by atoms with E-state index in [1.54, 1.807) is 36.4 Å². The van der Waals surface area contributed by atoms with Crippen LogP contribution in [-0.4, -0.2) is 5.91 Å². The summed E-state index contributed by atoms with van der Waals surface area (Å²) in [7, 11) is 0. The summed E-state index contributed by atoms with van der Waals surface area (Å²) in [5.41, 5.74) is 2.11. The quantitative estimate of drug-likeness (QED) is 0.925. The zero-order chi connectivity index (χ0) is 13.7. The Balaban J connectivity index is 2.09. The van der Waals surface area contributed by atoms with Crippen molar-refractivity contribution in [3.63, 3.8) is 0 Å². The van der Waals surface area contributed by atoms with E-state index in [0.29, 0.717) is 22.7 Å². The lowest BCUT2D eigenvalue weighted by Gasteiger charge is -2.06. The smallest absolute Gasteiger partial charge is 0.255 e. The van der Waals surface area contributed by atoms with E-state index in [0.717, 1.165) is 5.56 Å². The summed E-state index contributed by atoms with van der Waals surface area (Å²) in [4.78, 5) is 12.0. The van der Waals surface area contributed by atoms with Gasteiger partial charge in [-0.05, 0) is 35.9 Å². The molecular weight excluding hydrogens is 260 g/mol. The Bertz CT molecular complexity index is 629. The Labute approximate surface area is 116 Å². The number of nitriles is 1. The fourth-order valence-electron chi connectivity index (χ4n) is 1.63. The molecule has 0 saturated carbocycles. The van der Waals surface area contributed by atoms with Crippen molar-refractivity contribution >= 4 is 23.2 Å². The Kier molecular flexibility index (Phi) is 4.17. The summed E-state index contributed by atoms with van der Waals surface area (Å²) in [6.45, 7) is 0. The van der Waals surface area contributed by atoms with Crippen LogP contribution in [0.4, 0.5) is 5.69 Å². The number of anilines is 1. The third-order valence-corrected chi connectivity index (χ3v) is 2.82. The molecule has 0 fully saturated rings. The van der Waals surface area contributed by atoms with Gasteiger partial charge in [0.25, 0.3) is 5.91 Å². The van der Waals surface area contributed by atoms with Crippen LogP contribution in [0.2, 0.25) is 5.02 Å². The summed E-state index contributed by atoms with van der Waals surface area (Å²) >= 11 is 5.84. The Hall–Kier alpha value is -2.31. The predicted molar refractivity (Wildman–Crippen MR) is 75.2 cm³/mol. The molecule has 0 radical (unpaired) electrons. The second-order valence-electron chi connectivity index (χ2n) is 4.00. The fourth-order valence-corrected chi connectivity index (χ4v) is 1.82. The van der Waals surface area contributed by atoms with Crippen LogP contribution < -0.4 is 5.32 Å². The molecule has 0 unspecified atom stereocenters. The summed E-state index contributed by atoms with van der Waals surface area (Å²) in [6.07, 6.45) is 0.364. The molecule has 19 heavy (non-hydrogen) atoms. The molecule has 2 aromatic carbocycles. The second-order valence-corrected chi connectivity index (χ2v) is 4.43. The average molecular weight is 271 g/mol. The van der Waals surface area contributed by atoms with Crippen molar-refractivity contribution in [1.29, 1.82) is 5.26 Å². The minimum atomic E-state index is -0.212. The molecule has 2 rings (SSSR count). The van der Waals surface area contributed by atoms with Crippen LogP contribution in [0.5, 0.6) is 0 Å². The lowest BCUT2D eigenvalue weighted by Crippen LogP contribution is -2.11. The number of carbonyl (C=O) groups is 1. The van der Waals surface area contributed by atoms with E-state index in [1.807, 2.05) is 12.1 Å². The van der Waals surface area contributed by atoms with Crippen LogP contribution in [0.25, 0.3) is 0 Å².